The van der Waals surface area contributed by atoms with Gasteiger partial charge in [0.15, 0.2) is 0 Å². The van der Waals surface area contributed by atoms with Crippen molar-refractivity contribution in [3.8, 4) is 0 Å². The maximum Gasteiger partial charge on any atom is 0.337 e. The van der Waals surface area contributed by atoms with Crippen molar-refractivity contribution in [1.82, 2.24) is 4.72 Å². The summed E-state index contributed by atoms with van der Waals surface area (Å²) in [6.07, 6.45) is 2.08. The molecule has 1 atom stereocenters. The summed E-state index contributed by atoms with van der Waals surface area (Å²) >= 11 is 5.95. The molecule has 0 aromatic heterocycles. The monoisotopic (exact) mass is 368 g/mol. The van der Waals surface area contributed by atoms with Gasteiger partial charge in [-0.25, -0.2) is 17.9 Å². The highest BCUT2D eigenvalue weighted by Crippen LogP contribution is 2.31. The molecule has 1 aromatic carbocycles. The van der Waals surface area contributed by atoms with E-state index in [0.717, 1.165) is 12.8 Å². The summed E-state index contributed by atoms with van der Waals surface area (Å²) in [5.41, 5.74) is 6.05. The third-order valence-electron chi connectivity index (χ3n) is 3.38. The lowest BCUT2D eigenvalue weighted by molar-refractivity contribution is 0.0600. The molecule has 2 rings (SSSR count). The highest BCUT2D eigenvalue weighted by molar-refractivity contribution is 7.89. The molecule has 124 valence electrons. The number of sulfonamides is 1. The first-order valence-corrected chi connectivity index (χ1v) is 8.34. The van der Waals surface area contributed by atoms with E-state index in [2.05, 4.69) is 9.46 Å². The normalized spacial score (nSPS) is 15.8. The zero-order chi connectivity index (χ0) is 15.6. The van der Waals surface area contributed by atoms with Crippen LogP contribution in [0.4, 0.5) is 0 Å². The van der Waals surface area contributed by atoms with Crippen LogP contribution in [0, 0.1) is 5.92 Å². The molecule has 0 spiro atoms. The zero-order valence-electron chi connectivity index (χ0n) is 11.9. The highest BCUT2D eigenvalue weighted by atomic mass is 35.5. The second-order valence-corrected chi connectivity index (χ2v) is 7.13. The summed E-state index contributed by atoms with van der Waals surface area (Å²) < 4.78 is 31.4. The largest absolute Gasteiger partial charge is 0.465 e. The molecular formula is C13H18Cl2N2O4S. The molecule has 1 aliphatic rings. The molecule has 1 unspecified atom stereocenters. The van der Waals surface area contributed by atoms with Gasteiger partial charge in [0.25, 0.3) is 0 Å². The Hall–Kier alpha value is -0.860. The first kappa shape index (κ1) is 19.2. The number of carbonyl (C=O) groups is 1. The Kier molecular flexibility index (Phi) is 6.64. The number of esters is 1. The van der Waals surface area contributed by atoms with Gasteiger partial charge in [-0.1, -0.05) is 11.6 Å². The van der Waals surface area contributed by atoms with Gasteiger partial charge in [-0.2, -0.15) is 0 Å². The summed E-state index contributed by atoms with van der Waals surface area (Å²) in [6.45, 7) is 0.169. The van der Waals surface area contributed by atoms with E-state index in [1.165, 1.54) is 25.3 Å². The molecule has 0 bridgehead atoms. The predicted molar refractivity (Wildman–Crippen MR) is 85.9 cm³/mol. The van der Waals surface area contributed by atoms with E-state index in [-0.39, 0.29) is 40.5 Å². The van der Waals surface area contributed by atoms with E-state index >= 15 is 0 Å². The zero-order valence-corrected chi connectivity index (χ0v) is 14.3. The predicted octanol–water partition coefficient (Wildman–Crippen LogP) is 1.56. The molecule has 3 N–H and O–H groups in total. The fourth-order valence-corrected chi connectivity index (χ4v) is 3.55. The van der Waals surface area contributed by atoms with Gasteiger partial charge in [-0.05, 0) is 37.0 Å². The van der Waals surface area contributed by atoms with E-state index in [0.29, 0.717) is 5.92 Å². The Morgan fingerprint density at radius 3 is 2.64 bits per heavy atom. The van der Waals surface area contributed by atoms with Crippen LogP contribution in [-0.2, 0) is 14.8 Å². The number of methoxy groups -OCH3 is 1. The third kappa shape index (κ3) is 4.57. The number of ether oxygens (including phenoxy) is 1. The Labute approximate surface area is 140 Å². The van der Waals surface area contributed by atoms with Crippen molar-refractivity contribution >= 4 is 40.0 Å². The second-order valence-electron chi connectivity index (χ2n) is 4.99. The van der Waals surface area contributed by atoms with E-state index in [4.69, 9.17) is 17.3 Å². The number of halogens is 2. The Morgan fingerprint density at radius 1 is 1.50 bits per heavy atom. The Bertz CT molecular complexity index is 647. The van der Waals surface area contributed by atoms with Crippen LogP contribution >= 0.6 is 24.0 Å². The maximum absolute atomic E-state index is 12.2. The minimum Gasteiger partial charge on any atom is -0.465 e. The number of benzene rings is 1. The molecule has 0 saturated heterocycles. The van der Waals surface area contributed by atoms with Crippen molar-refractivity contribution in [3.63, 3.8) is 0 Å². The molecule has 0 radical (unpaired) electrons. The maximum atomic E-state index is 12.2. The molecule has 22 heavy (non-hydrogen) atoms. The van der Waals surface area contributed by atoms with Crippen LogP contribution in [-0.4, -0.2) is 34.1 Å². The molecule has 0 amide bonds. The Balaban J connectivity index is 0.00000242. The smallest absolute Gasteiger partial charge is 0.337 e. The van der Waals surface area contributed by atoms with Gasteiger partial charge in [0, 0.05) is 12.6 Å². The molecule has 1 saturated carbocycles. The number of rotatable bonds is 6. The number of nitrogens with one attached hydrogen (secondary N) is 1. The van der Waals surface area contributed by atoms with Crippen LogP contribution in [0.25, 0.3) is 0 Å². The molecule has 9 heteroatoms. The lowest BCUT2D eigenvalue weighted by Crippen LogP contribution is -2.38. The molecule has 1 aliphatic carbocycles. The lowest BCUT2D eigenvalue weighted by atomic mass is 10.2. The molecule has 6 nitrogen and oxygen atoms in total. The van der Waals surface area contributed by atoms with Crippen molar-refractivity contribution in [3.05, 3.63) is 28.8 Å². The van der Waals surface area contributed by atoms with Crippen LogP contribution < -0.4 is 10.5 Å². The number of hydrogen-bond acceptors (Lipinski definition) is 5. The minimum atomic E-state index is -3.76. The van der Waals surface area contributed by atoms with Crippen LogP contribution in [0.1, 0.15) is 23.2 Å². The van der Waals surface area contributed by atoms with Gasteiger partial charge in [0.05, 0.1) is 17.7 Å². The van der Waals surface area contributed by atoms with Gasteiger partial charge in [0.1, 0.15) is 4.90 Å². The van der Waals surface area contributed by atoms with Crippen LogP contribution in [0.2, 0.25) is 5.02 Å². The number of nitrogens with two attached hydrogens (primary N) is 1. The van der Waals surface area contributed by atoms with Gasteiger partial charge < -0.3 is 10.5 Å². The minimum absolute atomic E-state index is 0. The summed E-state index contributed by atoms with van der Waals surface area (Å²) in [6, 6.07) is 3.71. The van der Waals surface area contributed by atoms with Crippen LogP contribution in [0.3, 0.4) is 0 Å². The van der Waals surface area contributed by atoms with Crippen molar-refractivity contribution in [2.45, 2.75) is 23.8 Å². The van der Waals surface area contributed by atoms with Gasteiger partial charge in [-0.3, -0.25) is 0 Å². The SMILES string of the molecule is COC(=O)c1ccc(S(=O)(=O)NCC(N)C2CC2)c(Cl)c1.Cl. The van der Waals surface area contributed by atoms with Crippen molar-refractivity contribution in [2.75, 3.05) is 13.7 Å². The molecular weight excluding hydrogens is 351 g/mol. The van der Waals surface area contributed by atoms with E-state index in [9.17, 15) is 13.2 Å². The molecule has 1 aromatic rings. The van der Waals surface area contributed by atoms with Crippen molar-refractivity contribution in [2.24, 2.45) is 11.7 Å². The number of hydrogen-bond donors (Lipinski definition) is 2. The van der Waals surface area contributed by atoms with E-state index in [1.807, 2.05) is 0 Å². The van der Waals surface area contributed by atoms with Gasteiger partial charge >= 0.3 is 5.97 Å². The topological polar surface area (TPSA) is 98.5 Å². The Morgan fingerprint density at radius 2 is 2.14 bits per heavy atom. The summed E-state index contributed by atoms with van der Waals surface area (Å²) in [7, 11) is -2.52. The van der Waals surface area contributed by atoms with E-state index < -0.39 is 16.0 Å². The number of carbonyl (C=O) groups excluding carboxylic acids is 1. The lowest BCUT2D eigenvalue weighted by Gasteiger charge is -2.13. The quantitative estimate of drug-likeness (QED) is 0.742. The van der Waals surface area contributed by atoms with Crippen molar-refractivity contribution < 1.29 is 17.9 Å². The average molecular weight is 369 g/mol. The van der Waals surface area contributed by atoms with Crippen molar-refractivity contribution in [1.29, 1.82) is 0 Å². The highest BCUT2D eigenvalue weighted by Gasteiger charge is 2.29. The fourth-order valence-electron chi connectivity index (χ4n) is 1.94. The standard InChI is InChI=1S/C13H17ClN2O4S.ClH/c1-20-13(17)9-4-5-12(10(14)6-9)21(18,19)16-7-11(15)8-2-3-8;/h4-6,8,11,16H,2-3,7,15H2,1H3;1H. The van der Waals surface area contributed by atoms with Crippen LogP contribution in [0.15, 0.2) is 23.1 Å². The summed E-state index contributed by atoms with van der Waals surface area (Å²) in [4.78, 5) is 11.3. The first-order chi connectivity index (χ1) is 9.85. The van der Waals surface area contributed by atoms with E-state index in [1.54, 1.807) is 0 Å². The van der Waals surface area contributed by atoms with Gasteiger partial charge in [-0.15, -0.1) is 12.4 Å². The second kappa shape index (κ2) is 7.61. The molecule has 0 heterocycles. The summed E-state index contributed by atoms with van der Waals surface area (Å²) in [5.74, 6) is -0.186. The summed E-state index contributed by atoms with van der Waals surface area (Å²) in [5, 5.41) is -0.0367. The van der Waals surface area contributed by atoms with Gasteiger partial charge in [0.2, 0.25) is 10.0 Å². The third-order valence-corrected chi connectivity index (χ3v) is 5.29. The fraction of sp³-hybridized carbons (Fsp3) is 0.462. The average Bonchev–Trinajstić information content (AvgIpc) is 3.28. The molecule has 1 fully saturated rings. The first-order valence-electron chi connectivity index (χ1n) is 6.48. The molecule has 0 aliphatic heterocycles. The van der Waals surface area contributed by atoms with Crippen LogP contribution in [0.5, 0.6) is 0 Å².